The summed E-state index contributed by atoms with van der Waals surface area (Å²) in [5, 5.41) is 7.31. The lowest BCUT2D eigenvalue weighted by atomic mass is 9.95. The van der Waals surface area contributed by atoms with Gasteiger partial charge in [0.25, 0.3) is 0 Å². The van der Waals surface area contributed by atoms with Gasteiger partial charge in [-0.05, 0) is 45.8 Å². The first-order chi connectivity index (χ1) is 20.8. The number of fused-ring (bicyclic) bond motifs is 8. The fourth-order valence-electron chi connectivity index (χ4n) is 6.61. The molecule has 0 aliphatic rings. The van der Waals surface area contributed by atoms with Gasteiger partial charge in [-0.15, -0.1) is 0 Å². The molecule has 196 valence electrons. The van der Waals surface area contributed by atoms with Crippen molar-refractivity contribution < 1.29 is 4.42 Å². The van der Waals surface area contributed by atoms with E-state index in [9.17, 15) is 0 Å². The first kappa shape index (κ1) is 23.1. The van der Waals surface area contributed by atoms with E-state index >= 15 is 0 Å². The zero-order valence-electron chi connectivity index (χ0n) is 22.8. The van der Waals surface area contributed by atoms with Crippen LogP contribution in [0.1, 0.15) is 0 Å². The van der Waals surface area contributed by atoms with Crippen LogP contribution >= 0.6 is 0 Å². The molecular formula is C40H25NO. The molecule has 2 nitrogen and oxygen atoms in total. The highest BCUT2D eigenvalue weighted by Gasteiger charge is 2.14. The van der Waals surface area contributed by atoms with Gasteiger partial charge in [0, 0.05) is 38.1 Å². The van der Waals surface area contributed by atoms with Gasteiger partial charge in [0.15, 0.2) is 0 Å². The maximum atomic E-state index is 6.35. The van der Waals surface area contributed by atoms with Crippen molar-refractivity contribution >= 4 is 54.5 Å². The van der Waals surface area contributed by atoms with Crippen LogP contribution in [-0.2, 0) is 0 Å². The molecular weight excluding hydrogens is 510 g/mol. The third-order valence-corrected chi connectivity index (χ3v) is 8.62. The smallest absolute Gasteiger partial charge is 0.143 e. The molecule has 0 unspecified atom stereocenters. The highest BCUT2D eigenvalue weighted by atomic mass is 16.3. The highest BCUT2D eigenvalue weighted by molar-refractivity contribution is 6.19. The Morgan fingerprint density at radius 2 is 0.976 bits per heavy atom. The standard InChI is InChI=1S/C40H25NO/c1-2-14-30-25(9-1)21-22-35-34-18-7-16-31(39(34)41-38(30)35)28-12-5-10-26(23-28)27-11-6-13-29(24-27)32-17-8-19-36-33-15-3-4-20-37(33)42-40(32)36/h1-24,41H. The van der Waals surface area contributed by atoms with E-state index in [1.165, 1.54) is 54.8 Å². The van der Waals surface area contributed by atoms with Crippen LogP contribution < -0.4 is 0 Å². The van der Waals surface area contributed by atoms with Gasteiger partial charge in [-0.25, -0.2) is 0 Å². The van der Waals surface area contributed by atoms with E-state index in [-0.39, 0.29) is 0 Å². The molecule has 0 radical (unpaired) electrons. The zero-order chi connectivity index (χ0) is 27.6. The lowest BCUT2D eigenvalue weighted by Crippen LogP contribution is -1.85. The summed E-state index contributed by atoms with van der Waals surface area (Å²) in [6.45, 7) is 0. The van der Waals surface area contributed by atoms with Crippen molar-refractivity contribution in [1.82, 2.24) is 4.98 Å². The topological polar surface area (TPSA) is 28.9 Å². The number of furan rings is 1. The quantitative estimate of drug-likeness (QED) is 0.239. The van der Waals surface area contributed by atoms with Crippen LogP contribution in [0.2, 0.25) is 0 Å². The van der Waals surface area contributed by atoms with Gasteiger partial charge < -0.3 is 9.40 Å². The van der Waals surface area contributed by atoms with Crippen LogP contribution in [-0.4, -0.2) is 4.98 Å². The normalized spacial score (nSPS) is 11.8. The number of hydrogen-bond donors (Lipinski definition) is 1. The molecule has 0 saturated carbocycles. The first-order valence-corrected chi connectivity index (χ1v) is 14.4. The molecule has 9 aromatic rings. The van der Waals surface area contributed by atoms with Gasteiger partial charge in [-0.2, -0.15) is 0 Å². The Hall–Kier alpha value is -5.60. The average molecular weight is 536 g/mol. The predicted octanol–water partition coefficient (Wildman–Crippen LogP) is 11.4. The van der Waals surface area contributed by atoms with Gasteiger partial charge in [0.1, 0.15) is 11.2 Å². The van der Waals surface area contributed by atoms with E-state index in [0.29, 0.717) is 0 Å². The average Bonchev–Trinajstić information content (AvgIpc) is 3.64. The number of benzene rings is 7. The van der Waals surface area contributed by atoms with Crippen molar-refractivity contribution in [3.05, 3.63) is 146 Å². The first-order valence-electron chi connectivity index (χ1n) is 14.4. The summed E-state index contributed by atoms with van der Waals surface area (Å²) >= 11 is 0. The third-order valence-electron chi connectivity index (χ3n) is 8.62. The summed E-state index contributed by atoms with van der Waals surface area (Å²) in [5.74, 6) is 0. The van der Waals surface area contributed by atoms with Gasteiger partial charge >= 0.3 is 0 Å². The van der Waals surface area contributed by atoms with Gasteiger partial charge in [-0.1, -0.05) is 127 Å². The molecule has 0 spiro atoms. The van der Waals surface area contributed by atoms with Crippen molar-refractivity contribution in [1.29, 1.82) is 0 Å². The molecule has 0 aliphatic heterocycles. The summed E-state index contributed by atoms with van der Waals surface area (Å²) in [4.78, 5) is 3.80. The van der Waals surface area contributed by atoms with Gasteiger partial charge in [0.2, 0.25) is 0 Å². The minimum atomic E-state index is 0.919. The largest absolute Gasteiger partial charge is 0.455 e. The second kappa shape index (κ2) is 8.95. The minimum absolute atomic E-state index is 0.919. The van der Waals surface area contributed by atoms with E-state index in [1.54, 1.807) is 0 Å². The van der Waals surface area contributed by atoms with E-state index < -0.39 is 0 Å². The monoisotopic (exact) mass is 535 g/mol. The lowest BCUT2D eigenvalue weighted by molar-refractivity contribution is 0.670. The Labute approximate surface area is 242 Å². The van der Waals surface area contributed by atoms with Crippen LogP contribution in [0.15, 0.2) is 150 Å². The molecule has 0 bridgehead atoms. The fourth-order valence-corrected chi connectivity index (χ4v) is 6.61. The van der Waals surface area contributed by atoms with Crippen LogP contribution in [0.5, 0.6) is 0 Å². The van der Waals surface area contributed by atoms with E-state index in [4.69, 9.17) is 4.42 Å². The Balaban J connectivity index is 1.18. The molecule has 7 aromatic carbocycles. The van der Waals surface area contributed by atoms with Crippen LogP contribution in [0, 0.1) is 0 Å². The van der Waals surface area contributed by atoms with E-state index in [2.05, 4.69) is 138 Å². The molecule has 42 heavy (non-hydrogen) atoms. The molecule has 0 amide bonds. The third kappa shape index (κ3) is 3.45. The van der Waals surface area contributed by atoms with Gasteiger partial charge in [-0.3, -0.25) is 0 Å². The minimum Gasteiger partial charge on any atom is -0.455 e. The number of rotatable bonds is 3. The van der Waals surface area contributed by atoms with Crippen LogP contribution in [0.25, 0.3) is 87.9 Å². The summed E-state index contributed by atoms with van der Waals surface area (Å²) in [7, 11) is 0. The zero-order valence-corrected chi connectivity index (χ0v) is 22.8. The molecule has 0 aliphatic carbocycles. The Morgan fingerprint density at radius 1 is 0.381 bits per heavy atom. The second-order valence-corrected chi connectivity index (χ2v) is 11.0. The Morgan fingerprint density at radius 3 is 1.81 bits per heavy atom. The van der Waals surface area contributed by atoms with Crippen molar-refractivity contribution in [2.75, 3.05) is 0 Å². The summed E-state index contributed by atoms with van der Waals surface area (Å²) in [6, 6.07) is 52.0. The molecule has 2 heterocycles. The van der Waals surface area contributed by atoms with Crippen molar-refractivity contribution in [3.63, 3.8) is 0 Å². The van der Waals surface area contributed by atoms with Crippen LogP contribution in [0.3, 0.4) is 0 Å². The number of nitrogens with one attached hydrogen (secondary N) is 1. The summed E-state index contributed by atoms with van der Waals surface area (Å²) in [6.07, 6.45) is 0. The molecule has 9 rings (SSSR count). The number of hydrogen-bond acceptors (Lipinski definition) is 1. The number of aromatic nitrogens is 1. The number of aromatic amines is 1. The molecule has 2 aromatic heterocycles. The van der Waals surface area contributed by atoms with Crippen molar-refractivity contribution in [2.45, 2.75) is 0 Å². The highest BCUT2D eigenvalue weighted by Crippen LogP contribution is 2.39. The molecule has 2 heteroatoms. The van der Waals surface area contributed by atoms with E-state index in [1.807, 2.05) is 12.1 Å². The Kier molecular flexibility index (Phi) is 4.93. The van der Waals surface area contributed by atoms with Crippen LogP contribution in [0.4, 0.5) is 0 Å². The van der Waals surface area contributed by atoms with E-state index in [0.717, 1.165) is 33.1 Å². The molecule has 0 atom stereocenters. The molecule has 1 N–H and O–H groups in total. The van der Waals surface area contributed by atoms with Crippen molar-refractivity contribution in [2.24, 2.45) is 0 Å². The SMILES string of the molecule is c1cc(-c2cccc(-c3cccc4c3oc3ccccc34)c2)cc(-c2cccc3c2[nH]c2c4ccccc4ccc32)c1. The fraction of sp³-hybridized carbons (Fsp3) is 0. The summed E-state index contributed by atoms with van der Waals surface area (Å²) in [5.41, 5.74) is 11.2. The maximum Gasteiger partial charge on any atom is 0.143 e. The predicted molar refractivity (Wildman–Crippen MR) is 177 cm³/mol. The second-order valence-electron chi connectivity index (χ2n) is 11.0. The number of para-hydroxylation sites is 3. The van der Waals surface area contributed by atoms with Gasteiger partial charge in [0.05, 0.1) is 11.0 Å². The Bertz CT molecular complexity index is 2470. The maximum absolute atomic E-state index is 6.35. The molecule has 0 fully saturated rings. The lowest BCUT2D eigenvalue weighted by Gasteiger charge is -2.10. The summed E-state index contributed by atoms with van der Waals surface area (Å²) < 4.78 is 6.35. The van der Waals surface area contributed by atoms with Crippen molar-refractivity contribution in [3.8, 4) is 33.4 Å². The number of H-pyrrole nitrogens is 1. The molecule has 0 saturated heterocycles.